The molecule has 0 aliphatic rings. The average Bonchev–Trinajstić information content (AvgIpc) is 2.67. The lowest BCUT2D eigenvalue weighted by Gasteiger charge is -2.10. The molecule has 2 rings (SSSR count). The van der Waals surface area contributed by atoms with Crippen LogP contribution in [-0.2, 0) is 4.79 Å². The van der Waals surface area contributed by atoms with Crippen LogP contribution in [0.15, 0.2) is 23.0 Å². The highest BCUT2D eigenvalue weighted by Gasteiger charge is 2.10. The normalized spacial score (nSPS) is 12.6. The lowest BCUT2D eigenvalue weighted by molar-refractivity contribution is -0.117. The van der Waals surface area contributed by atoms with Gasteiger partial charge in [0.2, 0.25) is 5.91 Å². The van der Waals surface area contributed by atoms with Gasteiger partial charge < -0.3 is 20.6 Å². The van der Waals surface area contributed by atoms with Crippen LogP contribution in [0.3, 0.4) is 0 Å². The van der Waals surface area contributed by atoms with E-state index in [-0.39, 0.29) is 17.6 Å². The summed E-state index contributed by atoms with van der Waals surface area (Å²) in [6, 6.07) is 4.93. The number of fused-ring (bicyclic) bond motifs is 1. The van der Waals surface area contributed by atoms with Crippen molar-refractivity contribution in [3.8, 4) is 0 Å². The van der Waals surface area contributed by atoms with Gasteiger partial charge in [-0.2, -0.15) is 0 Å². The first kappa shape index (κ1) is 11.4. The van der Waals surface area contributed by atoms with Gasteiger partial charge in [-0.3, -0.25) is 4.79 Å². The van der Waals surface area contributed by atoms with Gasteiger partial charge in [0.1, 0.15) is 0 Å². The number of hydrogen-bond acceptors (Lipinski definition) is 3. The van der Waals surface area contributed by atoms with Gasteiger partial charge in [-0.25, -0.2) is 4.79 Å². The Labute approximate surface area is 97.4 Å². The van der Waals surface area contributed by atoms with E-state index in [0.717, 1.165) is 5.52 Å². The number of rotatable bonds is 3. The lowest BCUT2D eigenvalue weighted by atomic mass is 10.2. The van der Waals surface area contributed by atoms with E-state index >= 15 is 0 Å². The van der Waals surface area contributed by atoms with Crippen LogP contribution in [0.4, 0.5) is 5.69 Å². The van der Waals surface area contributed by atoms with E-state index in [1.54, 1.807) is 32.2 Å². The summed E-state index contributed by atoms with van der Waals surface area (Å²) in [4.78, 5) is 28.0. The fourth-order valence-corrected chi connectivity index (χ4v) is 1.49. The van der Waals surface area contributed by atoms with Gasteiger partial charge in [-0.05, 0) is 32.2 Å². The van der Waals surface area contributed by atoms with Crippen LogP contribution in [0.2, 0.25) is 0 Å². The number of anilines is 1. The van der Waals surface area contributed by atoms with Crippen LogP contribution >= 0.6 is 0 Å². The van der Waals surface area contributed by atoms with Gasteiger partial charge in [0, 0.05) is 5.69 Å². The van der Waals surface area contributed by atoms with Crippen molar-refractivity contribution in [3.63, 3.8) is 0 Å². The molecule has 0 bridgehead atoms. The molecular formula is C11H14N4O2. The number of imidazole rings is 1. The monoisotopic (exact) mass is 234 g/mol. The lowest BCUT2D eigenvalue weighted by Crippen LogP contribution is -2.35. The van der Waals surface area contributed by atoms with Gasteiger partial charge >= 0.3 is 5.69 Å². The maximum atomic E-state index is 11.6. The van der Waals surface area contributed by atoms with E-state index in [4.69, 9.17) is 0 Å². The summed E-state index contributed by atoms with van der Waals surface area (Å²) >= 11 is 0. The molecule has 1 unspecified atom stereocenters. The number of carbonyl (C=O) groups excluding carboxylic acids is 1. The van der Waals surface area contributed by atoms with E-state index < -0.39 is 0 Å². The number of benzene rings is 1. The van der Waals surface area contributed by atoms with Crippen LogP contribution in [0.5, 0.6) is 0 Å². The number of H-pyrrole nitrogens is 2. The molecule has 0 saturated heterocycles. The molecule has 0 saturated carbocycles. The Kier molecular flexibility index (Phi) is 2.97. The molecule has 1 heterocycles. The van der Waals surface area contributed by atoms with Crippen molar-refractivity contribution in [2.45, 2.75) is 13.0 Å². The molecule has 1 aromatic carbocycles. The molecule has 17 heavy (non-hydrogen) atoms. The molecule has 1 aromatic heterocycles. The molecule has 4 N–H and O–H groups in total. The van der Waals surface area contributed by atoms with E-state index in [0.29, 0.717) is 11.2 Å². The Morgan fingerprint density at radius 1 is 1.29 bits per heavy atom. The second-order valence-electron chi connectivity index (χ2n) is 3.84. The van der Waals surface area contributed by atoms with Crippen LogP contribution in [0.1, 0.15) is 6.92 Å². The molecule has 1 amide bonds. The van der Waals surface area contributed by atoms with E-state index in [2.05, 4.69) is 20.6 Å². The van der Waals surface area contributed by atoms with Gasteiger partial charge in [0.05, 0.1) is 17.1 Å². The van der Waals surface area contributed by atoms with Crippen molar-refractivity contribution in [3.05, 3.63) is 28.7 Å². The minimum Gasteiger partial charge on any atom is -0.325 e. The molecule has 0 radical (unpaired) electrons. The standard InChI is InChI=1S/C11H14N4O2/c1-6(12-2)10(16)13-7-3-4-8-9(5-7)15-11(17)14-8/h3-6,12H,1-2H3,(H,13,16)(H2,14,15,17). The Balaban J connectivity index is 2.24. The van der Waals surface area contributed by atoms with E-state index in [1.165, 1.54) is 0 Å². The first-order chi connectivity index (χ1) is 8.10. The average molecular weight is 234 g/mol. The third-order valence-corrected chi connectivity index (χ3v) is 2.61. The van der Waals surface area contributed by atoms with Crippen molar-refractivity contribution >= 4 is 22.6 Å². The fraction of sp³-hybridized carbons (Fsp3) is 0.273. The summed E-state index contributed by atoms with van der Waals surface area (Å²) in [5, 5.41) is 5.61. The molecule has 0 aliphatic heterocycles. The minimum absolute atomic E-state index is 0.121. The Bertz CT molecular complexity index is 599. The fourth-order valence-electron chi connectivity index (χ4n) is 1.49. The highest BCUT2D eigenvalue weighted by Crippen LogP contribution is 2.14. The summed E-state index contributed by atoms with van der Waals surface area (Å²) < 4.78 is 0. The minimum atomic E-state index is -0.268. The maximum absolute atomic E-state index is 11.6. The summed E-state index contributed by atoms with van der Waals surface area (Å²) in [7, 11) is 1.72. The number of hydrogen-bond donors (Lipinski definition) is 4. The topological polar surface area (TPSA) is 89.8 Å². The molecular weight excluding hydrogens is 220 g/mol. The van der Waals surface area contributed by atoms with Crippen molar-refractivity contribution in [2.24, 2.45) is 0 Å². The first-order valence-electron chi connectivity index (χ1n) is 5.30. The zero-order valence-electron chi connectivity index (χ0n) is 9.63. The van der Waals surface area contributed by atoms with E-state index in [1.807, 2.05) is 0 Å². The summed E-state index contributed by atoms with van der Waals surface area (Å²) in [6.45, 7) is 1.77. The highest BCUT2D eigenvalue weighted by molar-refractivity contribution is 5.96. The molecule has 0 spiro atoms. The Morgan fingerprint density at radius 3 is 2.71 bits per heavy atom. The zero-order valence-corrected chi connectivity index (χ0v) is 9.63. The number of aromatic amines is 2. The third kappa shape index (κ3) is 2.36. The largest absolute Gasteiger partial charge is 0.325 e. The van der Waals surface area contributed by atoms with Crippen molar-refractivity contribution in [1.82, 2.24) is 15.3 Å². The molecule has 2 aromatic rings. The van der Waals surface area contributed by atoms with Gasteiger partial charge in [0.25, 0.3) is 0 Å². The maximum Gasteiger partial charge on any atom is 0.323 e. The second-order valence-corrected chi connectivity index (χ2v) is 3.84. The summed E-state index contributed by atoms with van der Waals surface area (Å²) in [6.07, 6.45) is 0. The Hall–Kier alpha value is -2.08. The van der Waals surface area contributed by atoms with Gasteiger partial charge in [-0.1, -0.05) is 0 Å². The molecule has 0 fully saturated rings. The van der Waals surface area contributed by atoms with Crippen LogP contribution in [0.25, 0.3) is 11.0 Å². The number of amides is 1. The van der Waals surface area contributed by atoms with Gasteiger partial charge in [-0.15, -0.1) is 0 Å². The number of carbonyl (C=O) groups is 1. The number of likely N-dealkylation sites (N-methyl/N-ethyl adjacent to an activating group) is 1. The Morgan fingerprint density at radius 2 is 2.00 bits per heavy atom. The molecule has 0 aliphatic carbocycles. The predicted octanol–water partition coefficient (Wildman–Crippen LogP) is 0.403. The first-order valence-corrected chi connectivity index (χ1v) is 5.30. The molecule has 1 atom stereocenters. The van der Waals surface area contributed by atoms with Crippen LogP contribution in [-0.4, -0.2) is 29.0 Å². The molecule has 6 heteroatoms. The molecule has 90 valence electrons. The molecule has 6 nitrogen and oxygen atoms in total. The summed E-state index contributed by atoms with van der Waals surface area (Å²) in [5.74, 6) is -0.121. The van der Waals surface area contributed by atoms with Crippen LogP contribution < -0.4 is 16.3 Å². The third-order valence-electron chi connectivity index (χ3n) is 2.61. The van der Waals surface area contributed by atoms with Crippen molar-refractivity contribution in [1.29, 1.82) is 0 Å². The highest BCUT2D eigenvalue weighted by atomic mass is 16.2. The van der Waals surface area contributed by atoms with Gasteiger partial charge in [0.15, 0.2) is 0 Å². The smallest absolute Gasteiger partial charge is 0.323 e. The second kappa shape index (κ2) is 4.42. The predicted molar refractivity (Wildman–Crippen MR) is 66.1 cm³/mol. The number of nitrogens with one attached hydrogen (secondary N) is 4. The van der Waals surface area contributed by atoms with Crippen LogP contribution in [0, 0.1) is 0 Å². The van der Waals surface area contributed by atoms with Crippen molar-refractivity contribution in [2.75, 3.05) is 12.4 Å². The quantitative estimate of drug-likeness (QED) is 0.619. The van der Waals surface area contributed by atoms with Crippen molar-refractivity contribution < 1.29 is 4.79 Å². The number of aromatic nitrogens is 2. The van der Waals surface area contributed by atoms with E-state index in [9.17, 15) is 9.59 Å². The zero-order chi connectivity index (χ0) is 12.4. The SMILES string of the molecule is CNC(C)C(=O)Nc1ccc2[nH]c(=O)[nH]c2c1. The summed E-state index contributed by atoms with van der Waals surface area (Å²) in [5.41, 5.74) is 1.78.